The molecule has 0 N–H and O–H groups in total. The fourth-order valence-corrected chi connectivity index (χ4v) is 1.40. The molecule has 0 aliphatic rings. The highest BCUT2D eigenvalue weighted by atomic mass is 16.3. The highest BCUT2D eigenvalue weighted by Gasteiger charge is 2.03. The van der Waals surface area contributed by atoms with Crippen LogP contribution in [0.4, 0.5) is 0 Å². The molecule has 70 valence electrons. The summed E-state index contributed by atoms with van der Waals surface area (Å²) in [4.78, 5) is 10.5. The smallest absolute Gasteiger partial charge is 0.150 e. The van der Waals surface area contributed by atoms with Crippen LogP contribution in [0.1, 0.15) is 15.9 Å². The maximum atomic E-state index is 10.5. The van der Waals surface area contributed by atoms with Crippen LogP contribution in [0.2, 0.25) is 0 Å². The van der Waals surface area contributed by atoms with Crippen LogP contribution >= 0.6 is 0 Å². The lowest BCUT2D eigenvalue weighted by Gasteiger charge is -1.98. The van der Waals surface area contributed by atoms with E-state index in [0.29, 0.717) is 5.56 Å². The van der Waals surface area contributed by atoms with E-state index < -0.39 is 0 Å². The average Bonchev–Trinajstić information content (AvgIpc) is 2.65. The molecular formula is C12H10O2. The molecule has 2 aromatic rings. The molecule has 2 rings (SSSR count). The minimum atomic E-state index is 0.690. The summed E-state index contributed by atoms with van der Waals surface area (Å²) in [6.45, 7) is 1.99. The van der Waals surface area contributed by atoms with Crippen molar-refractivity contribution in [2.24, 2.45) is 0 Å². The van der Waals surface area contributed by atoms with Gasteiger partial charge in [0.1, 0.15) is 6.29 Å². The molecule has 0 aliphatic carbocycles. The number of aldehydes is 1. The molecule has 1 aromatic carbocycles. The van der Waals surface area contributed by atoms with E-state index >= 15 is 0 Å². The highest BCUT2D eigenvalue weighted by molar-refractivity contribution is 5.77. The molecule has 14 heavy (non-hydrogen) atoms. The molecule has 0 spiro atoms. The molecule has 0 amide bonds. The van der Waals surface area contributed by atoms with Crippen LogP contribution in [0.3, 0.4) is 0 Å². The number of rotatable bonds is 2. The van der Waals surface area contributed by atoms with E-state index in [1.807, 2.05) is 19.1 Å². The molecular weight excluding hydrogens is 176 g/mol. The van der Waals surface area contributed by atoms with Crippen molar-refractivity contribution in [1.29, 1.82) is 0 Å². The summed E-state index contributed by atoms with van der Waals surface area (Å²) >= 11 is 0. The normalized spacial score (nSPS) is 10.1. The van der Waals surface area contributed by atoms with E-state index in [-0.39, 0.29) is 0 Å². The zero-order chi connectivity index (χ0) is 9.97. The van der Waals surface area contributed by atoms with Crippen LogP contribution in [0.15, 0.2) is 41.2 Å². The zero-order valence-corrected chi connectivity index (χ0v) is 7.86. The van der Waals surface area contributed by atoms with Gasteiger partial charge >= 0.3 is 0 Å². The van der Waals surface area contributed by atoms with E-state index in [1.165, 1.54) is 0 Å². The van der Waals surface area contributed by atoms with E-state index in [4.69, 9.17) is 4.42 Å². The molecule has 0 bridgehead atoms. The van der Waals surface area contributed by atoms with Gasteiger partial charge in [0.05, 0.1) is 12.5 Å². The number of hydrogen-bond acceptors (Lipinski definition) is 2. The number of aryl methyl sites for hydroxylation is 1. The minimum Gasteiger partial charge on any atom is -0.472 e. The Labute approximate surface area is 82.2 Å². The van der Waals surface area contributed by atoms with Gasteiger partial charge in [-0.25, -0.2) is 0 Å². The quantitative estimate of drug-likeness (QED) is 0.674. The van der Waals surface area contributed by atoms with Crippen molar-refractivity contribution in [3.8, 4) is 11.1 Å². The number of furan rings is 1. The molecule has 2 heteroatoms. The van der Waals surface area contributed by atoms with Crippen LogP contribution in [0.5, 0.6) is 0 Å². The average molecular weight is 186 g/mol. The molecule has 0 unspecified atom stereocenters. The Balaban J connectivity index is 2.43. The molecule has 0 radical (unpaired) electrons. The summed E-state index contributed by atoms with van der Waals surface area (Å²) in [6, 6.07) is 7.44. The van der Waals surface area contributed by atoms with Gasteiger partial charge in [0.15, 0.2) is 0 Å². The predicted octanol–water partition coefficient (Wildman–Crippen LogP) is 3.07. The van der Waals surface area contributed by atoms with Crippen LogP contribution in [-0.2, 0) is 0 Å². The number of benzene rings is 1. The van der Waals surface area contributed by atoms with E-state index in [0.717, 1.165) is 23.0 Å². The van der Waals surface area contributed by atoms with Gasteiger partial charge in [-0.1, -0.05) is 24.3 Å². The molecule has 0 saturated carbocycles. The van der Waals surface area contributed by atoms with Crippen LogP contribution in [-0.4, -0.2) is 6.29 Å². The number of carbonyl (C=O) groups excluding carboxylic acids is 1. The van der Waals surface area contributed by atoms with Gasteiger partial charge in [0, 0.05) is 11.1 Å². The second-order valence-electron chi connectivity index (χ2n) is 3.21. The third-order valence-electron chi connectivity index (χ3n) is 2.21. The second kappa shape index (κ2) is 3.50. The van der Waals surface area contributed by atoms with Gasteiger partial charge in [0.2, 0.25) is 0 Å². The summed E-state index contributed by atoms with van der Waals surface area (Å²) < 4.78 is 5.09. The van der Waals surface area contributed by atoms with Crippen molar-refractivity contribution in [2.75, 3.05) is 0 Å². The Hall–Kier alpha value is -1.83. The Bertz CT molecular complexity index is 438. The lowest BCUT2D eigenvalue weighted by atomic mass is 10.0. The van der Waals surface area contributed by atoms with E-state index in [2.05, 4.69) is 0 Å². The Morgan fingerprint density at radius 3 is 2.36 bits per heavy atom. The van der Waals surface area contributed by atoms with Crippen molar-refractivity contribution in [2.45, 2.75) is 6.92 Å². The monoisotopic (exact) mass is 186 g/mol. The summed E-state index contributed by atoms with van der Waals surface area (Å²) in [5.74, 6) is 0. The Kier molecular flexibility index (Phi) is 2.19. The fourth-order valence-electron chi connectivity index (χ4n) is 1.40. The molecule has 1 aromatic heterocycles. The van der Waals surface area contributed by atoms with Gasteiger partial charge in [-0.15, -0.1) is 0 Å². The van der Waals surface area contributed by atoms with Crippen molar-refractivity contribution < 1.29 is 9.21 Å². The standard InChI is InChI=1S/C12H10O2/c1-9-7-14-8-12(9)11-4-2-10(6-13)3-5-11/h2-8H,1H3. The molecule has 0 atom stereocenters. The van der Waals surface area contributed by atoms with Gasteiger partial charge in [-0.2, -0.15) is 0 Å². The van der Waals surface area contributed by atoms with Crippen LogP contribution in [0.25, 0.3) is 11.1 Å². The number of carbonyl (C=O) groups is 1. The predicted molar refractivity (Wildman–Crippen MR) is 54.3 cm³/mol. The van der Waals surface area contributed by atoms with Gasteiger partial charge in [-0.05, 0) is 18.1 Å². The Morgan fingerprint density at radius 1 is 1.14 bits per heavy atom. The maximum absolute atomic E-state index is 10.5. The first kappa shape index (κ1) is 8.75. The highest BCUT2D eigenvalue weighted by Crippen LogP contribution is 2.23. The largest absolute Gasteiger partial charge is 0.472 e. The summed E-state index contributed by atoms with van der Waals surface area (Å²) in [7, 11) is 0. The summed E-state index contributed by atoms with van der Waals surface area (Å²) in [5, 5.41) is 0. The molecule has 2 nitrogen and oxygen atoms in total. The third kappa shape index (κ3) is 1.46. The molecule has 1 heterocycles. The maximum Gasteiger partial charge on any atom is 0.150 e. The summed E-state index contributed by atoms with van der Waals surface area (Å²) in [6.07, 6.45) is 4.26. The first-order valence-corrected chi connectivity index (χ1v) is 4.39. The van der Waals surface area contributed by atoms with Crippen molar-refractivity contribution >= 4 is 6.29 Å². The van der Waals surface area contributed by atoms with E-state index in [1.54, 1.807) is 24.7 Å². The fraction of sp³-hybridized carbons (Fsp3) is 0.0833. The van der Waals surface area contributed by atoms with E-state index in [9.17, 15) is 4.79 Å². The van der Waals surface area contributed by atoms with Gasteiger partial charge in [0.25, 0.3) is 0 Å². The van der Waals surface area contributed by atoms with Gasteiger partial charge in [-0.3, -0.25) is 4.79 Å². The lowest BCUT2D eigenvalue weighted by molar-refractivity contribution is 0.112. The third-order valence-corrected chi connectivity index (χ3v) is 2.21. The van der Waals surface area contributed by atoms with Crippen molar-refractivity contribution in [3.05, 3.63) is 47.9 Å². The molecule has 0 fully saturated rings. The lowest BCUT2D eigenvalue weighted by Crippen LogP contribution is -1.80. The van der Waals surface area contributed by atoms with Crippen LogP contribution in [0, 0.1) is 6.92 Å². The molecule has 0 aliphatic heterocycles. The first-order valence-electron chi connectivity index (χ1n) is 4.39. The SMILES string of the molecule is Cc1cocc1-c1ccc(C=O)cc1. The zero-order valence-electron chi connectivity index (χ0n) is 7.86. The topological polar surface area (TPSA) is 30.2 Å². The van der Waals surface area contributed by atoms with Gasteiger partial charge < -0.3 is 4.42 Å². The first-order chi connectivity index (χ1) is 6.81. The van der Waals surface area contributed by atoms with Crippen molar-refractivity contribution in [3.63, 3.8) is 0 Å². The van der Waals surface area contributed by atoms with Crippen LogP contribution < -0.4 is 0 Å². The second-order valence-corrected chi connectivity index (χ2v) is 3.21. The molecule has 0 saturated heterocycles. The summed E-state index contributed by atoms with van der Waals surface area (Å²) in [5.41, 5.74) is 3.93. The Morgan fingerprint density at radius 2 is 1.86 bits per heavy atom. The van der Waals surface area contributed by atoms with Crippen molar-refractivity contribution in [1.82, 2.24) is 0 Å². The minimum absolute atomic E-state index is 0.690. The number of hydrogen-bond donors (Lipinski definition) is 0.